The van der Waals surface area contributed by atoms with Gasteiger partial charge in [-0.2, -0.15) is 0 Å². The fourth-order valence-electron chi connectivity index (χ4n) is 2.13. The van der Waals surface area contributed by atoms with E-state index in [2.05, 4.69) is 17.1 Å². The number of nitrogens with two attached hydrogens (primary N) is 1. The highest BCUT2D eigenvalue weighted by molar-refractivity contribution is 5.18. The van der Waals surface area contributed by atoms with Gasteiger partial charge >= 0.3 is 0 Å². The molecule has 1 aromatic rings. The van der Waals surface area contributed by atoms with E-state index in [1.807, 2.05) is 0 Å². The van der Waals surface area contributed by atoms with Crippen molar-refractivity contribution < 1.29 is 4.52 Å². The standard InChI is InChI=1S/C10H17N3O/c1-13-6-2-3-9(13)10-8(4-5-11)7-12-14-10/h7,9H,2-6,11H2,1H3. The lowest BCUT2D eigenvalue weighted by Crippen LogP contribution is -2.18. The monoisotopic (exact) mass is 195 g/mol. The molecule has 1 fully saturated rings. The van der Waals surface area contributed by atoms with Crippen molar-refractivity contribution in [2.75, 3.05) is 20.1 Å². The van der Waals surface area contributed by atoms with Crippen molar-refractivity contribution in [3.8, 4) is 0 Å². The molecule has 1 atom stereocenters. The van der Waals surface area contributed by atoms with E-state index in [0.29, 0.717) is 12.6 Å². The molecule has 1 unspecified atom stereocenters. The van der Waals surface area contributed by atoms with Crippen LogP contribution < -0.4 is 5.73 Å². The lowest BCUT2D eigenvalue weighted by Gasteiger charge is -2.17. The Kier molecular flexibility index (Phi) is 2.84. The minimum Gasteiger partial charge on any atom is -0.359 e. The molecule has 1 aliphatic heterocycles. The molecule has 0 radical (unpaired) electrons. The summed E-state index contributed by atoms with van der Waals surface area (Å²) >= 11 is 0. The van der Waals surface area contributed by atoms with Crippen LogP contribution in [0.4, 0.5) is 0 Å². The fraction of sp³-hybridized carbons (Fsp3) is 0.700. The minimum absolute atomic E-state index is 0.416. The molecule has 0 aliphatic carbocycles. The fourth-order valence-corrected chi connectivity index (χ4v) is 2.13. The Labute approximate surface area is 84.0 Å². The maximum absolute atomic E-state index is 5.54. The van der Waals surface area contributed by atoms with Crippen LogP contribution >= 0.6 is 0 Å². The van der Waals surface area contributed by atoms with Crippen LogP contribution in [0.5, 0.6) is 0 Å². The van der Waals surface area contributed by atoms with Crippen LogP contribution in [0.3, 0.4) is 0 Å². The summed E-state index contributed by atoms with van der Waals surface area (Å²) in [6.45, 7) is 1.80. The van der Waals surface area contributed by atoms with Crippen molar-refractivity contribution >= 4 is 0 Å². The molecule has 2 heterocycles. The lowest BCUT2D eigenvalue weighted by atomic mass is 10.1. The zero-order valence-corrected chi connectivity index (χ0v) is 8.57. The Morgan fingerprint density at radius 2 is 2.57 bits per heavy atom. The van der Waals surface area contributed by atoms with Gasteiger partial charge in [0.15, 0.2) is 5.76 Å². The smallest absolute Gasteiger partial charge is 0.157 e. The van der Waals surface area contributed by atoms with Crippen molar-refractivity contribution in [2.45, 2.75) is 25.3 Å². The molecule has 4 nitrogen and oxygen atoms in total. The average molecular weight is 195 g/mol. The van der Waals surface area contributed by atoms with Gasteiger partial charge in [-0.15, -0.1) is 0 Å². The molecule has 14 heavy (non-hydrogen) atoms. The molecule has 0 bridgehead atoms. The number of hydrogen-bond donors (Lipinski definition) is 1. The second kappa shape index (κ2) is 4.11. The average Bonchev–Trinajstić information content (AvgIpc) is 2.74. The molecule has 2 rings (SSSR count). The minimum atomic E-state index is 0.416. The number of aromatic nitrogens is 1. The van der Waals surface area contributed by atoms with Crippen LogP contribution in [0.25, 0.3) is 0 Å². The van der Waals surface area contributed by atoms with E-state index in [1.54, 1.807) is 6.20 Å². The second-order valence-corrected chi connectivity index (χ2v) is 3.89. The third-order valence-corrected chi connectivity index (χ3v) is 2.91. The Morgan fingerprint density at radius 3 is 3.21 bits per heavy atom. The Bertz CT molecular complexity index is 297. The number of hydrogen-bond acceptors (Lipinski definition) is 4. The summed E-state index contributed by atoms with van der Waals surface area (Å²) in [6, 6.07) is 0.416. The van der Waals surface area contributed by atoms with Crippen molar-refractivity contribution in [2.24, 2.45) is 5.73 Å². The third-order valence-electron chi connectivity index (χ3n) is 2.91. The topological polar surface area (TPSA) is 55.3 Å². The summed E-state index contributed by atoms with van der Waals surface area (Å²) in [5.41, 5.74) is 6.71. The molecule has 0 saturated carbocycles. The number of likely N-dealkylation sites (tertiary alicyclic amines) is 1. The molecule has 4 heteroatoms. The summed E-state index contributed by atoms with van der Waals surface area (Å²) in [5.74, 6) is 1.02. The van der Waals surface area contributed by atoms with Gasteiger partial charge in [0, 0.05) is 5.56 Å². The first kappa shape index (κ1) is 9.68. The first-order valence-corrected chi connectivity index (χ1v) is 5.16. The van der Waals surface area contributed by atoms with Crippen molar-refractivity contribution in [1.29, 1.82) is 0 Å². The maximum Gasteiger partial charge on any atom is 0.157 e. The van der Waals surface area contributed by atoms with Gasteiger partial charge in [-0.05, 0) is 39.4 Å². The van der Waals surface area contributed by atoms with Crippen LogP contribution in [0, 0.1) is 0 Å². The zero-order chi connectivity index (χ0) is 9.97. The quantitative estimate of drug-likeness (QED) is 0.780. The predicted molar refractivity (Wildman–Crippen MR) is 53.9 cm³/mol. The van der Waals surface area contributed by atoms with E-state index in [4.69, 9.17) is 10.3 Å². The SMILES string of the molecule is CN1CCCC1c1oncc1CCN. The molecule has 1 aliphatic rings. The zero-order valence-electron chi connectivity index (χ0n) is 8.57. The van der Waals surface area contributed by atoms with Gasteiger partial charge in [0.1, 0.15) is 0 Å². The van der Waals surface area contributed by atoms with Crippen molar-refractivity contribution in [3.63, 3.8) is 0 Å². The predicted octanol–water partition coefficient (Wildman–Crippen LogP) is 0.943. The Balaban J connectivity index is 2.17. The third kappa shape index (κ3) is 1.67. The summed E-state index contributed by atoms with van der Waals surface area (Å²) in [7, 11) is 2.13. The maximum atomic E-state index is 5.54. The van der Waals surface area contributed by atoms with E-state index < -0.39 is 0 Å². The largest absolute Gasteiger partial charge is 0.359 e. The summed E-state index contributed by atoms with van der Waals surface area (Å²) in [4.78, 5) is 2.32. The van der Waals surface area contributed by atoms with E-state index in [1.165, 1.54) is 18.4 Å². The first-order chi connectivity index (χ1) is 6.83. The van der Waals surface area contributed by atoms with Gasteiger partial charge in [-0.1, -0.05) is 5.16 Å². The summed E-state index contributed by atoms with van der Waals surface area (Å²) in [6.07, 6.45) is 5.07. The molecule has 1 aromatic heterocycles. The Hall–Kier alpha value is -0.870. The van der Waals surface area contributed by atoms with Crippen molar-refractivity contribution in [3.05, 3.63) is 17.5 Å². The van der Waals surface area contributed by atoms with Gasteiger partial charge in [-0.3, -0.25) is 4.90 Å². The van der Waals surface area contributed by atoms with Gasteiger partial charge in [0.2, 0.25) is 0 Å². The molecular weight excluding hydrogens is 178 g/mol. The lowest BCUT2D eigenvalue weighted by molar-refractivity contribution is 0.250. The molecule has 78 valence electrons. The highest BCUT2D eigenvalue weighted by Gasteiger charge is 2.27. The Morgan fingerprint density at radius 1 is 1.71 bits per heavy atom. The molecule has 2 N–H and O–H groups in total. The first-order valence-electron chi connectivity index (χ1n) is 5.16. The molecule has 0 spiro atoms. The van der Waals surface area contributed by atoms with Gasteiger partial charge < -0.3 is 10.3 Å². The van der Waals surface area contributed by atoms with Crippen LogP contribution in [-0.2, 0) is 6.42 Å². The van der Waals surface area contributed by atoms with Crippen molar-refractivity contribution in [1.82, 2.24) is 10.1 Å². The van der Waals surface area contributed by atoms with Gasteiger partial charge in [0.05, 0.1) is 12.2 Å². The highest BCUT2D eigenvalue weighted by Crippen LogP contribution is 2.32. The van der Waals surface area contributed by atoms with Crippen LogP contribution in [0.15, 0.2) is 10.7 Å². The van der Waals surface area contributed by atoms with Gasteiger partial charge in [0.25, 0.3) is 0 Å². The normalized spacial score (nSPS) is 23.1. The van der Waals surface area contributed by atoms with E-state index >= 15 is 0 Å². The van der Waals surface area contributed by atoms with Crippen LogP contribution in [0.1, 0.15) is 30.2 Å². The number of rotatable bonds is 3. The van der Waals surface area contributed by atoms with E-state index in [0.717, 1.165) is 18.7 Å². The van der Waals surface area contributed by atoms with E-state index in [-0.39, 0.29) is 0 Å². The van der Waals surface area contributed by atoms with Crippen LogP contribution in [-0.4, -0.2) is 30.2 Å². The summed E-state index contributed by atoms with van der Waals surface area (Å²) in [5, 5.41) is 3.86. The highest BCUT2D eigenvalue weighted by atomic mass is 16.5. The number of nitrogens with zero attached hydrogens (tertiary/aromatic N) is 2. The van der Waals surface area contributed by atoms with Gasteiger partial charge in [-0.25, -0.2) is 0 Å². The summed E-state index contributed by atoms with van der Waals surface area (Å²) < 4.78 is 5.32. The molecule has 0 amide bonds. The molecule has 0 aromatic carbocycles. The second-order valence-electron chi connectivity index (χ2n) is 3.89. The molecule has 1 saturated heterocycles. The van der Waals surface area contributed by atoms with Crippen LogP contribution in [0.2, 0.25) is 0 Å². The molecular formula is C10H17N3O. The van der Waals surface area contributed by atoms with E-state index in [9.17, 15) is 0 Å².